The SMILES string of the molecule is CC[C@H](C)COc1ccc([C@@H](NC(=O)OC(C)(C)C)C(=O)O)cc1. The Hall–Kier alpha value is -2.24. The van der Waals surface area contributed by atoms with Gasteiger partial charge in [0.2, 0.25) is 0 Å². The molecular formula is C18H27NO5. The Morgan fingerprint density at radius 3 is 2.25 bits per heavy atom. The molecule has 1 aromatic carbocycles. The number of amides is 1. The van der Waals surface area contributed by atoms with Gasteiger partial charge in [-0.3, -0.25) is 0 Å². The highest BCUT2D eigenvalue weighted by atomic mass is 16.6. The maximum absolute atomic E-state index is 11.8. The third-order valence-corrected chi connectivity index (χ3v) is 3.35. The molecule has 1 aromatic rings. The Morgan fingerprint density at radius 1 is 1.21 bits per heavy atom. The van der Waals surface area contributed by atoms with Gasteiger partial charge in [-0.25, -0.2) is 9.59 Å². The molecule has 0 aromatic heterocycles. The zero-order chi connectivity index (χ0) is 18.3. The highest BCUT2D eigenvalue weighted by molar-refractivity contribution is 5.81. The van der Waals surface area contributed by atoms with E-state index in [-0.39, 0.29) is 0 Å². The second-order valence-corrected chi connectivity index (χ2v) is 6.81. The minimum absolute atomic E-state index is 0.448. The predicted octanol–water partition coefficient (Wildman–Crippen LogP) is 3.76. The fraction of sp³-hybridized carbons (Fsp3) is 0.556. The van der Waals surface area contributed by atoms with Crippen LogP contribution < -0.4 is 10.1 Å². The number of rotatable bonds is 7. The van der Waals surface area contributed by atoms with E-state index < -0.39 is 23.7 Å². The van der Waals surface area contributed by atoms with Crippen molar-refractivity contribution in [2.45, 2.75) is 52.7 Å². The van der Waals surface area contributed by atoms with Crippen molar-refractivity contribution in [2.75, 3.05) is 6.61 Å². The highest BCUT2D eigenvalue weighted by Gasteiger charge is 2.25. The molecular weight excluding hydrogens is 310 g/mol. The lowest BCUT2D eigenvalue weighted by Gasteiger charge is -2.22. The van der Waals surface area contributed by atoms with E-state index in [9.17, 15) is 14.7 Å². The number of aliphatic carboxylic acids is 1. The third-order valence-electron chi connectivity index (χ3n) is 3.35. The lowest BCUT2D eigenvalue weighted by molar-refractivity contribution is -0.139. The van der Waals surface area contributed by atoms with E-state index in [4.69, 9.17) is 9.47 Å². The first-order chi connectivity index (χ1) is 11.1. The molecule has 2 atom stereocenters. The Kier molecular flexibility index (Phi) is 7.07. The molecule has 1 amide bonds. The Bertz CT molecular complexity index is 548. The summed E-state index contributed by atoms with van der Waals surface area (Å²) in [6.07, 6.45) is 0.255. The van der Waals surface area contributed by atoms with Gasteiger partial charge < -0.3 is 19.9 Å². The molecule has 0 spiro atoms. The number of hydrogen-bond donors (Lipinski definition) is 2. The summed E-state index contributed by atoms with van der Waals surface area (Å²) in [4.78, 5) is 23.2. The van der Waals surface area contributed by atoms with Gasteiger partial charge in [-0.1, -0.05) is 32.4 Å². The van der Waals surface area contributed by atoms with E-state index in [1.54, 1.807) is 45.0 Å². The molecule has 6 heteroatoms. The average Bonchev–Trinajstić information content (AvgIpc) is 2.49. The van der Waals surface area contributed by atoms with Crippen LogP contribution in [0.4, 0.5) is 4.79 Å². The van der Waals surface area contributed by atoms with Crippen molar-refractivity contribution in [3.63, 3.8) is 0 Å². The van der Waals surface area contributed by atoms with Crippen LogP contribution in [0, 0.1) is 5.92 Å². The van der Waals surface area contributed by atoms with Gasteiger partial charge in [-0.15, -0.1) is 0 Å². The van der Waals surface area contributed by atoms with Gasteiger partial charge in [0, 0.05) is 0 Å². The van der Waals surface area contributed by atoms with Crippen LogP contribution >= 0.6 is 0 Å². The van der Waals surface area contributed by atoms with Crippen LogP contribution in [0.3, 0.4) is 0 Å². The molecule has 0 radical (unpaired) electrons. The molecule has 2 N–H and O–H groups in total. The minimum Gasteiger partial charge on any atom is -0.493 e. The van der Waals surface area contributed by atoms with Crippen LogP contribution in [-0.2, 0) is 9.53 Å². The van der Waals surface area contributed by atoms with Crippen LogP contribution in [0.2, 0.25) is 0 Å². The summed E-state index contributed by atoms with van der Waals surface area (Å²) in [5.74, 6) is -0.0418. The molecule has 0 aliphatic rings. The van der Waals surface area contributed by atoms with Gasteiger partial charge >= 0.3 is 12.1 Å². The van der Waals surface area contributed by atoms with Crippen molar-refractivity contribution in [1.82, 2.24) is 5.32 Å². The number of benzene rings is 1. The fourth-order valence-corrected chi connectivity index (χ4v) is 1.83. The monoisotopic (exact) mass is 337 g/mol. The lowest BCUT2D eigenvalue weighted by atomic mass is 10.1. The molecule has 1 rings (SSSR count). The van der Waals surface area contributed by atoms with Crippen LogP contribution in [0.5, 0.6) is 5.75 Å². The summed E-state index contributed by atoms with van der Waals surface area (Å²) in [5.41, 5.74) is -0.245. The van der Waals surface area contributed by atoms with Crippen LogP contribution in [0.15, 0.2) is 24.3 Å². The van der Waals surface area contributed by atoms with E-state index in [0.29, 0.717) is 23.8 Å². The molecule has 0 fully saturated rings. The first-order valence-corrected chi connectivity index (χ1v) is 8.07. The summed E-state index contributed by atoms with van der Waals surface area (Å²) in [6.45, 7) is 9.94. The fourth-order valence-electron chi connectivity index (χ4n) is 1.83. The van der Waals surface area contributed by atoms with Gasteiger partial charge in [-0.2, -0.15) is 0 Å². The first kappa shape index (κ1) is 19.8. The number of carboxylic acid groups (broad SMARTS) is 1. The van der Waals surface area contributed by atoms with Gasteiger partial charge in [0.05, 0.1) is 6.61 Å². The normalized spacial score (nSPS) is 13.7. The molecule has 0 unspecified atom stereocenters. The topological polar surface area (TPSA) is 84.9 Å². The standard InChI is InChI=1S/C18H27NO5/c1-6-12(2)11-23-14-9-7-13(8-10-14)15(16(20)21)19-17(22)24-18(3,4)5/h7-10,12,15H,6,11H2,1-5H3,(H,19,22)(H,20,21)/t12-,15+/m0/s1. The van der Waals surface area contributed by atoms with E-state index in [1.807, 2.05) is 0 Å². The molecule has 24 heavy (non-hydrogen) atoms. The van der Waals surface area contributed by atoms with Crippen LogP contribution in [-0.4, -0.2) is 29.4 Å². The maximum Gasteiger partial charge on any atom is 0.408 e. The number of hydrogen-bond acceptors (Lipinski definition) is 4. The molecule has 0 saturated carbocycles. The second kappa shape index (κ2) is 8.57. The molecule has 0 heterocycles. The average molecular weight is 337 g/mol. The second-order valence-electron chi connectivity index (χ2n) is 6.81. The van der Waals surface area contributed by atoms with Crippen LogP contribution in [0.1, 0.15) is 52.6 Å². The molecule has 6 nitrogen and oxygen atoms in total. The number of nitrogens with one attached hydrogen (secondary N) is 1. The largest absolute Gasteiger partial charge is 0.493 e. The van der Waals surface area contributed by atoms with E-state index in [0.717, 1.165) is 6.42 Å². The van der Waals surface area contributed by atoms with Gasteiger partial charge in [0.25, 0.3) is 0 Å². The number of carbonyl (C=O) groups excluding carboxylic acids is 1. The summed E-state index contributed by atoms with van der Waals surface area (Å²) < 4.78 is 10.7. The zero-order valence-electron chi connectivity index (χ0n) is 15.0. The first-order valence-electron chi connectivity index (χ1n) is 8.07. The lowest BCUT2D eigenvalue weighted by Crippen LogP contribution is -2.38. The van der Waals surface area contributed by atoms with E-state index in [2.05, 4.69) is 19.2 Å². The number of carboxylic acids is 1. The van der Waals surface area contributed by atoms with E-state index >= 15 is 0 Å². The summed E-state index contributed by atoms with van der Waals surface area (Å²) in [5, 5.41) is 11.7. The van der Waals surface area contributed by atoms with Gasteiger partial charge in [0.15, 0.2) is 6.04 Å². The molecule has 134 valence electrons. The Labute approximate surface area is 143 Å². The summed E-state index contributed by atoms with van der Waals surface area (Å²) in [6, 6.07) is 5.47. The Balaban J connectivity index is 2.75. The quantitative estimate of drug-likeness (QED) is 0.791. The van der Waals surface area contributed by atoms with Crippen molar-refractivity contribution in [3.8, 4) is 5.75 Å². The van der Waals surface area contributed by atoms with Gasteiger partial charge in [0.1, 0.15) is 11.4 Å². The number of alkyl carbamates (subject to hydrolysis) is 1. The van der Waals surface area contributed by atoms with E-state index in [1.165, 1.54) is 0 Å². The van der Waals surface area contributed by atoms with Gasteiger partial charge in [-0.05, 0) is 44.4 Å². The van der Waals surface area contributed by atoms with Crippen LogP contribution in [0.25, 0.3) is 0 Å². The molecule has 0 aliphatic heterocycles. The number of carbonyl (C=O) groups is 2. The smallest absolute Gasteiger partial charge is 0.408 e. The molecule has 0 bridgehead atoms. The minimum atomic E-state index is -1.18. The molecule has 0 saturated heterocycles. The summed E-state index contributed by atoms with van der Waals surface area (Å²) in [7, 11) is 0. The highest BCUT2D eigenvalue weighted by Crippen LogP contribution is 2.20. The molecule has 0 aliphatic carbocycles. The summed E-state index contributed by atoms with van der Waals surface area (Å²) >= 11 is 0. The predicted molar refractivity (Wildman–Crippen MR) is 91.1 cm³/mol. The van der Waals surface area contributed by atoms with Crippen molar-refractivity contribution in [2.24, 2.45) is 5.92 Å². The van der Waals surface area contributed by atoms with Crippen molar-refractivity contribution in [1.29, 1.82) is 0 Å². The maximum atomic E-state index is 11.8. The number of ether oxygens (including phenoxy) is 2. The van der Waals surface area contributed by atoms with Crippen molar-refractivity contribution < 1.29 is 24.2 Å². The van der Waals surface area contributed by atoms with Crippen molar-refractivity contribution >= 4 is 12.1 Å². The van der Waals surface area contributed by atoms with Crippen molar-refractivity contribution in [3.05, 3.63) is 29.8 Å². The third kappa shape index (κ3) is 6.89. The zero-order valence-corrected chi connectivity index (χ0v) is 15.0. The Morgan fingerprint density at radius 2 is 1.79 bits per heavy atom.